The van der Waals surface area contributed by atoms with Gasteiger partial charge in [-0.3, -0.25) is 0 Å². The molecule has 24 heavy (non-hydrogen) atoms. The predicted molar refractivity (Wildman–Crippen MR) is 94.7 cm³/mol. The van der Waals surface area contributed by atoms with E-state index >= 15 is 0 Å². The molecule has 2 heterocycles. The summed E-state index contributed by atoms with van der Waals surface area (Å²) in [7, 11) is 0. The molecule has 1 aliphatic rings. The normalized spacial score (nSPS) is 15.4. The Bertz CT molecular complexity index is 604. The lowest BCUT2D eigenvalue weighted by Crippen LogP contribution is -2.45. The maximum atomic E-state index is 12.2. The molecule has 5 heteroatoms. The third-order valence-electron chi connectivity index (χ3n) is 4.69. The minimum Gasteiger partial charge on any atom is -0.338 e. The molecule has 2 aromatic rings. The number of hydrogen-bond donors (Lipinski definition) is 1. The summed E-state index contributed by atoms with van der Waals surface area (Å²) in [6.45, 7) is 3.45. The molecule has 1 aromatic carbocycles. The third kappa shape index (κ3) is 4.85. The van der Waals surface area contributed by atoms with Gasteiger partial charge in [0.1, 0.15) is 0 Å². The van der Waals surface area contributed by atoms with Gasteiger partial charge in [-0.2, -0.15) is 0 Å². The van der Waals surface area contributed by atoms with Crippen LogP contribution in [0.3, 0.4) is 0 Å². The van der Waals surface area contributed by atoms with Crippen molar-refractivity contribution in [2.75, 3.05) is 19.6 Å². The number of urea groups is 1. The Hall–Kier alpha value is -2.30. The average Bonchev–Trinajstić information content (AvgIpc) is 3.13. The number of amides is 2. The van der Waals surface area contributed by atoms with Crippen molar-refractivity contribution in [2.24, 2.45) is 5.92 Å². The van der Waals surface area contributed by atoms with Gasteiger partial charge in [-0.1, -0.05) is 30.3 Å². The zero-order valence-electron chi connectivity index (χ0n) is 14.1. The first-order valence-electron chi connectivity index (χ1n) is 8.84. The Labute approximate surface area is 143 Å². The minimum atomic E-state index is 0.0872. The van der Waals surface area contributed by atoms with E-state index in [4.69, 9.17) is 0 Å². The molecule has 2 amide bonds. The topological polar surface area (TPSA) is 50.2 Å². The SMILES string of the molecule is O=C(NCCCc1ccccc1)N1CCC(Cn2ccnc2)CC1. The number of imidazole rings is 1. The highest BCUT2D eigenvalue weighted by molar-refractivity contribution is 5.74. The number of aryl methyl sites for hydroxylation is 1. The average molecular weight is 326 g/mol. The molecule has 3 rings (SSSR count). The Kier molecular flexibility index (Phi) is 5.88. The largest absolute Gasteiger partial charge is 0.338 e. The fraction of sp³-hybridized carbons (Fsp3) is 0.474. The van der Waals surface area contributed by atoms with Gasteiger partial charge < -0.3 is 14.8 Å². The molecule has 128 valence electrons. The van der Waals surface area contributed by atoms with E-state index in [1.54, 1.807) is 0 Å². The highest BCUT2D eigenvalue weighted by Gasteiger charge is 2.22. The summed E-state index contributed by atoms with van der Waals surface area (Å²) in [5.41, 5.74) is 1.33. The van der Waals surface area contributed by atoms with Gasteiger partial charge in [-0.15, -0.1) is 0 Å². The third-order valence-corrected chi connectivity index (χ3v) is 4.69. The Morgan fingerprint density at radius 1 is 1.21 bits per heavy atom. The van der Waals surface area contributed by atoms with E-state index in [1.807, 2.05) is 29.7 Å². The van der Waals surface area contributed by atoms with Crippen molar-refractivity contribution in [1.29, 1.82) is 0 Å². The summed E-state index contributed by atoms with van der Waals surface area (Å²) in [6, 6.07) is 10.5. The second-order valence-corrected chi connectivity index (χ2v) is 6.51. The molecule has 0 saturated carbocycles. The Balaban J connectivity index is 1.32. The smallest absolute Gasteiger partial charge is 0.317 e. The zero-order chi connectivity index (χ0) is 16.6. The van der Waals surface area contributed by atoms with Crippen LogP contribution in [0.25, 0.3) is 0 Å². The summed E-state index contributed by atoms with van der Waals surface area (Å²) < 4.78 is 2.13. The number of rotatable bonds is 6. The van der Waals surface area contributed by atoms with Crippen molar-refractivity contribution >= 4 is 6.03 Å². The van der Waals surface area contributed by atoms with E-state index in [9.17, 15) is 4.79 Å². The van der Waals surface area contributed by atoms with Crippen molar-refractivity contribution in [2.45, 2.75) is 32.2 Å². The molecule has 0 aliphatic carbocycles. The van der Waals surface area contributed by atoms with Crippen molar-refractivity contribution in [3.63, 3.8) is 0 Å². The van der Waals surface area contributed by atoms with Gasteiger partial charge in [0.15, 0.2) is 0 Å². The number of carbonyl (C=O) groups is 1. The van der Waals surface area contributed by atoms with Crippen LogP contribution in [-0.2, 0) is 13.0 Å². The maximum absolute atomic E-state index is 12.2. The molecule has 5 nitrogen and oxygen atoms in total. The first-order valence-corrected chi connectivity index (χ1v) is 8.84. The molecule has 1 aliphatic heterocycles. The highest BCUT2D eigenvalue weighted by Crippen LogP contribution is 2.19. The first-order chi connectivity index (χ1) is 11.8. The van der Waals surface area contributed by atoms with Crippen LogP contribution in [0.4, 0.5) is 4.79 Å². The summed E-state index contributed by atoms with van der Waals surface area (Å²) in [5.74, 6) is 0.640. The van der Waals surface area contributed by atoms with Gasteiger partial charge in [0.2, 0.25) is 0 Å². The fourth-order valence-corrected chi connectivity index (χ4v) is 3.26. The van der Waals surface area contributed by atoms with Crippen molar-refractivity contribution < 1.29 is 4.79 Å². The van der Waals surface area contributed by atoms with Crippen LogP contribution in [0.15, 0.2) is 49.1 Å². The molecular weight excluding hydrogens is 300 g/mol. The van der Waals surface area contributed by atoms with Gasteiger partial charge >= 0.3 is 6.03 Å². The summed E-state index contributed by atoms with van der Waals surface area (Å²) in [4.78, 5) is 18.3. The summed E-state index contributed by atoms with van der Waals surface area (Å²) >= 11 is 0. The van der Waals surface area contributed by atoms with Gasteiger partial charge in [-0.05, 0) is 37.2 Å². The highest BCUT2D eigenvalue weighted by atomic mass is 16.2. The van der Waals surface area contributed by atoms with E-state index in [2.05, 4.69) is 39.1 Å². The fourth-order valence-electron chi connectivity index (χ4n) is 3.26. The second kappa shape index (κ2) is 8.52. The molecular formula is C19H26N4O. The lowest BCUT2D eigenvalue weighted by atomic mass is 9.97. The van der Waals surface area contributed by atoms with Crippen LogP contribution >= 0.6 is 0 Å². The minimum absolute atomic E-state index is 0.0872. The molecule has 0 spiro atoms. The van der Waals surface area contributed by atoms with E-state index in [0.717, 1.165) is 51.9 Å². The van der Waals surface area contributed by atoms with Gasteiger partial charge in [0.05, 0.1) is 6.33 Å². The van der Waals surface area contributed by atoms with Gasteiger partial charge in [0.25, 0.3) is 0 Å². The van der Waals surface area contributed by atoms with Gasteiger partial charge in [-0.25, -0.2) is 9.78 Å². The number of piperidine rings is 1. The molecule has 1 N–H and O–H groups in total. The molecule has 1 aromatic heterocycles. The number of aromatic nitrogens is 2. The van der Waals surface area contributed by atoms with Crippen molar-refractivity contribution in [3.05, 3.63) is 54.6 Å². The molecule has 0 radical (unpaired) electrons. The number of hydrogen-bond acceptors (Lipinski definition) is 2. The number of nitrogens with zero attached hydrogens (tertiary/aromatic N) is 3. The lowest BCUT2D eigenvalue weighted by Gasteiger charge is -2.32. The predicted octanol–water partition coefficient (Wildman–Crippen LogP) is 2.94. The number of benzene rings is 1. The Morgan fingerprint density at radius 3 is 2.71 bits per heavy atom. The molecule has 1 fully saturated rings. The van der Waals surface area contributed by atoms with Crippen LogP contribution in [0.2, 0.25) is 0 Å². The van der Waals surface area contributed by atoms with Crippen LogP contribution < -0.4 is 5.32 Å². The quantitative estimate of drug-likeness (QED) is 0.830. The second-order valence-electron chi connectivity index (χ2n) is 6.51. The van der Waals surface area contributed by atoms with E-state index in [-0.39, 0.29) is 6.03 Å². The summed E-state index contributed by atoms with van der Waals surface area (Å²) in [5, 5.41) is 3.05. The van der Waals surface area contributed by atoms with Crippen LogP contribution in [0.1, 0.15) is 24.8 Å². The van der Waals surface area contributed by atoms with E-state index in [0.29, 0.717) is 5.92 Å². The Morgan fingerprint density at radius 2 is 2.00 bits per heavy atom. The first kappa shape index (κ1) is 16.6. The summed E-state index contributed by atoms with van der Waals surface area (Å²) in [6.07, 6.45) is 9.81. The van der Waals surface area contributed by atoms with Crippen LogP contribution in [0.5, 0.6) is 0 Å². The van der Waals surface area contributed by atoms with Crippen LogP contribution in [0, 0.1) is 5.92 Å². The van der Waals surface area contributed by atoms with Crippen LogP contribution in [-0.4, -0.2) is 40.1 Å². The number of nitrogens with one attached hydrogen (secondary N) is 1. The standard InChI is InChI=1S/C19H26N4O/c24-19(21-10-4-7-17-5-2-1-3-6-17)23-12-8-18(9-13-23)15-22-14-11-20-16-22/h1-3,5-6,11,14,16,18H,4,7-10,12-13,15H2,(H,21,24). The zero-order valence-corrected chi connectivity index (χ0v) is 14.1. The van der Waals surface area contributed by atoms with Gasteiger partial charge in [0, 0.05) is 38.6 Å². The van der Waals surface area contributed by atoms with Crippen molar-refractivity contribution in [3.8, 4) is 0 Å². The van der Waals surface area contributed by atoms with E-state index in [1.165, 1.54) is 5.56 Å². The maximum Gasteiger partial charge on any atom is 0.317 e. The molecule has 0 bridgehead atoms. The molecule has 0 unspecified atom stereocenters. The number of likely N-dealkylation sites (tertiary alicyclic amines) is 1. The molecule has 1 saturated heterocycles. The van der Waals surface area contributed by atoms with Crippen molar-refractivity contribution in [1.82, 2.24) is 19.8 Å². The lowest BCUT2D eigenvalue weighted by molar-refractivity contribution is 0.165. The monoisotopic (exact) mass is 326 g/mol. The molecule has 0 atom stereocenters. The number of carbonyl (C=O) groups excluding carboxylic acids is 1. The van der Waals surface area contributed by atoms with E-state index < -0.39 is 0 Å².